The van der Waals surface area contributed by atoms with Gasteiger partial charge in [-0.3, -0.25) is 9.89 Å². The summed E-state index contributed by atoms with van der Waals surface area (Å²) in [6.45, 7) is 8.97. The maximum Gasteiger partial charge on any atom is 0.276 e. The van der Waals surface area contributed by atoms with Gasteiger partial charge in [-0.25, -0.2) is 0 Å². The van der Waals surface area contributed by atoms with Crippen LogP contribution in [-0.2, 0) is 6.42 Å². The first-order chi connectivity index (χ1) is 11.0. The van der Waals surface area contributed by atoms with Crippen LogP contribution in [-0.4, -0.2) is 22.7 Å². The summed E-state index contributed by atoms with van der Waals surface area (Å²) in [6, 6.07) is 7.47. The third-order valence-electron chi connectivity index (χ3n) is 3.41. The molecule has 1 amide bonds. The number of benzene rings is 1. The Morgan fingerprint density at radius 2 is 2.13 bits per heavy atom. The quantitative estimate of drug-likeness (QED) is 0.812. The van der Waals surface area contributed by atoms with E-state index >= 15 is 0 Å². The molecule has 0 radical (unpaired) electrons. The van der Waals surface area contributed by atoms with Gasteiger partial charge in [0.05, 0.1) is 6.61 Å². The van der Waals surface area contributed by atoms with Gasteiger partial charge < -0.3 is 10.1 Å². The number of aryl methyl sites for hydroxylation is 1. The molecule has 124 valence electrons. The molecule has 1 aromatic heterocycles. The molecule has 1 heterocycles. The van der Waals surface area contributed by atoms with Crippen LogP contribution in [0.5, 0.6) is 5.75 Å². The molecular formula is C18H25N3O2. The van der Waals surface area contributed by atoms with Crippen molar-refractivity contribution in [1.82, 2.24) is 10.2 Å². The van der Waals surface area contributed by atoms with Gasteiger partial charge in [-0.2, -0.15) is 5.10 Å². The third kappa shape index (κ3) is 4.84. The summed E-state index contributed by atoms with van der Waals surface area (Å²) in [5.74, 6) is 1.13. The van der Waals surface area contributed by atoms with Crippen LogP contribution in [0, 0.1) is 12.8 Å². The van der Waals surface area contributed by atoms with Crippen molar-refractivity contribution in [2.75, 3.05) is 11.9 Å². The van der Waals surface area contributed by atoms with Crippen LogP contribution in [0.25, 0.3) is 0 Å². The number of rotatable bonds is 7. The van der Waals surface area contributed by atoms with Crippen molar-refractivity contribution in [3.8, 4) is 5.75 Å². The number of carbonyl (C=O) groups excluding carboxylic acids is 1. The first-order valence-electron chi connectivity index (χ1n) is 8.08. The predicted octanol–water partition coefficient (Wildman–Crippen LogP) is 3.96. The Hall–Kier alpha value is -2.30. The van der Waals surface area contributed by atoms with Gasteiger partial charge in [0.2, 0.25) is 0 Å². The summed E-state index contributed by atoms with van der Waals surface area (Å²) < 4.78 is 5.59. The van der Waals surface area contributed by atoms with E-state index in [9.17, 15) is 4.79 Å². The Balaban J connectivity index is 2.03. The van der Waals surface area contributed by atoms with E-state index in [1.165, 1.54) is 0 Å². The largest absolute Gasteiger partial charge is 0.494 e. The van der Waals surface area contributed by atoms with Gasteiger partial charge in [-0.05, 0) is 55.5 Å². The summed E-state index contributed by atoms with van der Waals surface area (Å²) in [5, 5.41) is 9.91. The molecule has 0 fully saturated rings. The standard InChI is InChI=1S/C18H25N3O2/c1-5-8-23-15-6-7-16(13(4)10-15)19-18(22)17-11-14(20-21-17)9-12(2)3/h6-7,10-12H,5,8-9H2,1-4H3,(H,19,22)(H,20,21). The number of hydrogen-bond donors (Lipinski definition) is 2. The fourth-order valence-electron chi connectivity index (χ4n) is 2.29. The number of amides is 1. The molecule has 0 unspecified atom stereocenters. The predicted molar refractivity (Wildman–Crippen MR) is 92.0 cm³/mol. The van der Waals surface area contributed by atoms with Crippen LogP contribution in [0.4, 0.5) is 5.69 Å². The molecule has 0 saturated heterocycles. The Morgan fingerprint density at radius 3 is 2.78 bits per heavy atom. The smallest absolute Gasteiger partial charge is 0.276 e. The molecule has 2 aromatic rings. The average molecular weight is 315 g/mol. The number of H-pyrrole nitrogens is 1. The van der Waals surface area contributed by atoms with Crippen LogP contribution in [0.15, 0.2) is 24.3 Å². The number of nitrogens with zero attached hydrogens (tertiary/aromatic N) is 1. The molecule has 1 aromatic carbocycles. The zero-order valence-electron chi connectivity index (χ0n) is 14.3. The lowest BCUT2D eigenvalue weighted by Gasteiger charge is -2.10. The van der Waals surface area contributed by atoms with E-state index in [4.69, 9.17) is 4.74 Å². The van der Waals surface area contributed by atoms with Crippen molar-refractivity contribution < 1.29 is 9.53 Å². The van der Waals surface area contributed by atoms with Crippen LogP contribution >= 0.6 is 0 Å². The van der Waals surface area contributed by atoms with Crippen molar-refractivity contribution in [3.63, 3.8) is 0 Å². The first-order valence-corrected chi connectivity index (χ1v) is 8.08. The SMILES string of the molecule is CCCOc1ccc(NC(=O)c2cc(CC(C)C)[nH]n2)c(C)c1. The van der Waals surface area contributed by atoms with E-state index in [2.05, 4.69) is 36.3 Å². The number of ether oxygens (including phenoxy) is 1. The van der Waals surface area contributed by atoms with Gasteiger partial charge in [0.25, 0.3) is 5.91 Å². The van der Waals surface area contributed by atoms with Crippen molar-refractivity contribution in [3.05, 3.63) is 41.2 Å². The topological polar surface area (TPSA) is 67.0 Å². The van der Waals surface area contributed by atoms with Gasteiger partial charge in [0, 0.05) is 11.4 Å². The molecule has 0 spiro atoms. The van der Waals surface area contributed by atoms with E-state index in [0.29, 0.717) is 18.2 Å². The average Bonchev–Trinajstić information content (AvgIpc) is 2.95. The summed E-state index contributed by atoms with van der Waals surface area (Å²) in [5.41, 5.74) is 3.12. The number of aromatic amines is 1. The zero-order valence-corrected chi connectivity index (χ0v) is 14.3. The Morgan fingerprint density at radius 1 is 1.35 bits per heavy atom. The highest BCUT2D eigenvalue weighted by atomic mass is 16.5. The molecular weight excluding hydrogens is 290 g/mol. The highest BCUT2D eigenvalue weighted by molar-refractivity contribution is 6.03. The van der Waals surface area contributed by atoms with E-state index in [1.54, 1.807) is 0 Å². The summed E-state index contributed by atoms with van der Waals surface area (Å²) in [7, 11) is 0. The Bertz CT molecular complexity index is 662. The van der Waals surface area contributed by atoms with Crippen molar-refractivity contribution in [2.24, 2.45) is 5.92 Å². The molecule has 0 saturated carbocycles. The van der Waals surface area contributed by atoms with E-state index in [1.807, 2.05) is 31.2 Å². The van der Waals surface area contributed by atoms with Crippen LogP contribution < -0.4 is 10.1 Å². The highest BCUT2D eigenvalue weighted by Crippen LogP contribution is 2.22. The minimum atomic E-state index is -0.207. The monoisotopic (exact) mass is 315 g/mol. The molecule has 0 aliphatic rings. The zero-order chi connectivity index (χ0) is 16.8. The number of carbonyl (C=O) groups is 1. The van der Waals surface area contributed by atoms with Gasteiger partial charge in [-0.1, -0.05) is 20.8 Å². The Kier molecular flexibility index (Phi) is 5.79. The molecule has 5 heteroatoms. The molecule has 0 atom stereocenters. The highest BCUT2D eigenvalue weighted by Gasteiger charge is 2.13. The summed E-state index contributed by atoms with van der Waals surface area (Å²) in [6.07, 6.45) is 1.85. The maximum atomic E-state index is 12.3. The van der Waals surface area contributed by atoms with Crippen LogP contribution in [0.1, 0.15) is 48.9 Å². The molecule has 23 heavy (non-hydrogen) atoms. The lowest BCUT2D eigenvalue weighted by Crippen LogP contribution is -2.13. The number of hydrogen-bond acceptors (Lipinski definition) is 3. The lowest BCUT2D eigenvalue weighted by molar-refractivity contribution is 0.102. The fourth-order valence-corrected chi connectivity index (χ4v) is 2.29. The van der Waals surface area contributed by atoms with Gasteiger partial charge in [0.15, 0.2) is 5.69 Å². The first kappa shape index (κ1) is 17.1. The molecule has 5 nitrogen and oxygen atoms in total. The minimum absolute atomic E-state index is 0.207. The van der Waals surface area contributed by atoms with Crippen molar-refractivity contribution in [2.45, 2.75) is 40.5 Å². The number of anilines is 1. The second kappa shape index (κ2) is 7.81. The summed E-state index contributed by atoms with van der Waals surface area (Å²) in [4.78, 5) is 12.3. The Labute approximate surface area is 137 Å². The third-order valence-corrected chi connectivity index (χ3v) is 3.41. The summed E-state index contributed by atoms with van der Waals surface area (Å²) >= 11 is 0. The minimum Gasteiger partial charge on any atom is -0.494 e. The van der Waals surface area contributed by atoms with E-state index < -0.39 is 0 Å². The van der Waals surface area contributed by atoms with E-state index in [-0.39, 0.29) is 5.91 Å². The van der Waals surface area contributed by atoms with Gasteiger partial charge in [-0.15, -0.1) is 0 Å². The second-order valence-electron chi connectivity index (χ2n) is 6.16. The lowest BCUT2D eigenvalue weighted by atomic mass is 10.1. The molecule has 0 bridgehead atoms. The molecule has 2 rings (SSSR count). The number of nitrogens with one attached hydrogen (secondary N) is 2. The van der Waals surface area contributed by atoms with Gasteiger partial charge >= 0.3 is 0 Å². The molecule has 2 N–H and O–H groups in total. The van der Waals surface area contributed by atoms with Crippen molar-refractivity contribution >= 4 is 11.6 Å². The molecule has 0 aliphatic carbocycles. The maximum absolute atomic E-state index is 12.3. The molecule has 0 aliphatic heterocycles. The van der Waals surface area contributed by atoms with Crippen LogP contribution in [0.2, 0.25) is 0 Å². The van der Waals surface area contributed by atoms with Crippen molar-refractivity contribution in [1.29, 1.82) is 0 Å². The second-order valence-corrected chi connectivity index (χ2v) is 6.16. The van der Waals surface area contributed by atoms with Gasteiger partial charge in [0.1, 0.15) is 5.75 Å². The fraction of sp³-hybridized carbons (Fsp3) is 0.444. The normalized spacial score (nSPS) is 10.8. The van der Waals surface area contributed by atoms with E-state index in [0.717, 1.165) is 35.5 Å². The number of aromatic nitrogens is 2. The van der Waals surface area contributed by atoms with Crippen LogP contribution in [0.3, 0.4) is 0 Å².